The summed E-state index contributed by atoms with van der Waals surface area (Å²) >= 11 is 0. The van der Waals surface area contributed by atoms with E-state index in [2.05, 4.69) is 205 Å². The predicted octanol–water partition coefficient (Wildman–Crippen LogP) is 9.26. The zero-order valence-corrected chi connectivity index (χ0v) is 45.6. The molecule has 0 saturated heterocycles. The van der Waals surface area contributed by atoms with Gasteiger partial charge >= 0.3 is 0 Å². The Kier molecular flexibility index (Phi) is 19.7. The third-order valence-corrected chi connectivity index (χ3v) is 11.3. The molecular weight excluding hydrogens is 985 g/mol. The van der Waals surface area contributed by atoms with Crippen molar-refractivity contribution < 1.29 is 0 Å². The Balaban J connectivity index is 0.000000136. The van der Waals surface area contributed by atoms with Crippen molar-refractivity contribution in [2.24, 2.45) is 0 Å². The van der Waals surface area contributed by atoms with Crippen LogP contribution in [0.5, 0.6) is 0 Å². The van der Waals surface area contributed by atoms with E-state index in [0.717, 1.165) is 72.6 Å². The molecule has 0 amide bonds. The molecule has 0 aliphatic heterocycles. The van der Waals surface area contributed by atoms with Crippen molar-refractivity contribution >= 4 is 66.7 Å². The number of rotatable bonds is 6. The lowest BCUT2D eigenvalue weighted by Crippen LogP contribution is -1.97. The molecule has 0 aliphatic carbocycles. The lowest BCUT2D eigenvalue weighted by atomic mass is 10.0. The molecule has 0 aliphatic rings. The maximum absolute atomic E-state index is 4.41. The fourth-order valence-electron chi connectivity index (χ4n) is 6.70. The van der Waals surface area contributed by atoms with Crippen molar-refractivity contribution in [2.45, 2.75) is 119 Å². The largest absolute Gasteiger partial charge is 0.251 e. The van der Waals surface area contributed by atoms with Crippen molar-refractivity contribution in [1.82, 2.24) is 121 Å². The molecule has 1 aromatic carbocycles. The quantitative estimate of drug-likeness (QED) is 0.150. The lowest BCUT2D eigenvalue weighted by molar-refractivity contribution is 0.794. The molecule has 11 heterocycles. The number of hydrogen-bond donors (Lipinski definition) is 0. The van der Waals surface area contributed by atoms with Gasteiger partial charge in [0.1, 0.15) is 63.1 Å². The highest BCUT2D eigenvalue weighted by atomic mass is 15.4. The molecule has 0 spiro atoms. The minimum Gasteiger partial charge on any atom is -0.251 e. The van der Waals surface area contributed by atoms with Gasteiger partial charge in [-0.2, -0.15) is 5.10 Å². The summed E-state index contributed by atoms with van der Waals surface area (Å²) < 4.78 is 0. The summed E-state index contributed by atoms with van der Waals surface area (Å²) in [6.45, 7) is 25.2. The summed E-state index contributed by atoms with van der Waals surface area (Å²) in [6, 6.07) is 19.4. The van der Waals surface area contributed by atoms with Crippen molar-refractivity contribution in [1.29, 1.82) is 0 Å². The molecule has 0 atom stereocenters. The average molecular weight is 1050 g/mol. The van der Waals surface area contributed by atoms with Crippen LogP contribution in [0.3, 0.4) is 0 Å². The monoisotopic (exact) mass is 1040 g/mol. The molecule has 0 radical (unpaired) electrons. The van der Waals surface area contributed by atoms with Gasteiger partial charge in [0.05, 0.1) is 30.0 Å². The Morgan fingerprint density at radius 1 is 0.282 bits per heavy atom. The molecular formula is C54H60N24. The number of aromatic nitrogens is 24. The van der Waals surface area contributed by atoms with Crippen molar-refractivity contribution in [3.05, 3.63) is 145 Å². The Morgan fingerprint density at radius 3 is 1.45 bits per heavy atom. The third kappa shape index (κ3) is 15.8. The van der Waals surface area contributed by atoms with Gasteiger partial charge in [0.25, 0.3) is 0 Å². The van der Waals surface area contributed by atoms with Gasteiger partial charge in [-0.25, -0.2) is 49.8 Å². The van der Waals surface area contributed by atoms with E-state index in [0.29, 0.717) is 58.1 Å². The summed E-state index contributed by atoms with van der Waals surface area (Å²) in [4.78, 5) is 46.3. The molecule has 12 aromatic rings. The molecule has 0 fully saturated rings. The van der Waals surface area contributed by atoms with E-state index in [1.807, 2.05) is 54.6 Å². The first-order chi connectivity index (χ1) is 37.6. The number of pyridine rings is 3. The first-order valence-corrected chi connectivity index (χ1v) is 25.3. The maximum atomic E-state index is 4.41. The molecule has 0 saturated carbocycles. The predicted molar refractivity (Wildman–Crippen MR) is 295 cm³/mol. The van der Waals surface area contributed by atoms with Gasteiger partial charge in [-0.05, 0) is 111 Å². The van der Waals surface area contributed by atoms with E-state index in [-0.39, 0.29) is 0 Å². The van der Waals surface area contributed by atoms with Gasteiger partial charge in [-0.3, -0.25) is 4.98 Å². The standard InChI is InChI=1S/6C9H10N4/c1-6(2)7-4-11-8-3-10-5-12-9(8)13-7;1-6(2)8-5-10-7-3-4-11-13-9(7)12-8;1-6(2)7-3-4-8-9(12-7)10-5-11-13-8;1-6(2)7-3-4-8-9(12-7)13-11-5-10-8;1-6(2)7-3-4-8-9(11-7)5-10-13-12-8;1-6(2)7-3-4-8-9(5-7)11-13-12-10-8/h6*3-6H,1-2H3. The van der Waals surface area contributed by atoms with E-state index >= 15 is 0 Å². The Bertz CT molecular complexity index is 3190. The Hall–Kier alpha value is -9.48. The molecule has 24 heteroatoms. The average Bonchev–Trinajstić information content (AvgIpc) is 3.48. The Labute approximate surface area is 449 Å². The molecule has 0 unspecified atom stereocenters. The first kappa shape index (κ1) is 56.3. The zero-order chi connectivity index (χ0) is 55.6. The summed E-state index contributed by atoms with van der Waals surface area (Å²) in [5, 5.41) is 48.7. The van der Waals surface area contributed by atoms with E-state index < -0.39 is 0 Å². The third-order valence-electron chi connectivity index (χ3n) is 11.3. The number of fused-ring (bicyclic) bond motifs is 6. The van der Waals surface area contributed by atoms with Crippen molar-refractivity contribution in [3.63, 3.8) is 0 Å². The van der Waals surface area contributed by atoms with E-state index in [9.17, 15) is 0 Å². The smallest absolute Gasteiger partial charge is 0.200 e. The van der Waals surface area contributed by atoms with E-state index in [1.165, 1.54) is 24.5 Å². The van der Waals surface area contributed by atoms with E-state index in [4.69, 9.17) is 0 Å². The summed E-state index contributed by atoms with van der Waals surface area (Å²) in [5.74, 6) is 2.51. The number of hydrogen-bond acceptors (Lipinski definition) is 24. The first-order valence-electron chi connectivity index (χ1n) is 25.3. The van der Waals surface area contributed by atoms with Crippen LogP contribution in [-0.2, 0) is 0 Å². The molecule has 78 heavy (non-hydrogen) atoms. The van der Waals surface area contributed by atoms with Gasteiger partial charge in [-0.1, -0.05) is 89.2 Å². The highest BCUT2D eigenvalue weighted by Crippen LogP contribution is 2.19. The van der Waals surface area contributed by atoms with Crippen LogP contribution in [0, 0.1) is 0 Å². The van der Waals surface area contributed by atoms with Crippen LogP contribution in [0.1, 0.15) is 153 Å². The minimum atomic E-state index is 0.374. The van der Waals surface area contributed by atoms with Crippen LogP contribution in [0.15, 0.2) is 111 Å². The van der Waals surface area contributed by atoms with Gasteiger partial charge in [0.15, 0.2) is 11.3 Å². The van der Waals surface area contributed by atoms with Crippen LogP contribution in [-0.4, -0.2) is 121 Å². The molecule has 11 aromatic heterocycles. The number of benzene rings is 1. The zero-order valence-electron chi connectivity index (χ0n) is 45.6. The molecule has 0 N–H and O–H groups in total. The highest BCUT2D eigenvalue weighted by molar-refractivity contribution is 5.74. The van der Waals surface area contributed by atoms with Gasteiger partial charge in [0, 0.05) is 29.5 Å². The molecule has 396 valence electrons. The van der Waals surface area contributed by atoms with Gasteiger partial charge in [-0.15, -0.1) is 45.9 Å². The molecule has 12 rings (SSSR count). The summed E-state index contributed by atoms with van der Waals surface area (Å²) in [7, 11) is 0. The van der Waals surface area contributed by atoms with Crippen molar-refractivity contribution in [3.8, 4) is 0 Å². The van der Waals surface area contributed by atoms with Crippen molar-refractivity contribution in [2.75, 3.05) is 0 Å². The van der Waals surface area contributed by atoms with Gasteiger partial charge < -0.3 is 0 Å². The maximum Gasteiger partial charge on any atom is 0.200 e. The highest BCUT2D eigenvalue weighted by Gasteiger charge is 2.08. The normalized spacial score (nSPS) is 11.0. The number of nitrogens with zero attached hydrogens (tertiary/aromatic N) is 24. The second-order valence-corrected chi connectivity index (χ2v) is 19.3. The fourth-order valence-corrected chi connectivity index (χ4v) is 6.70. The van der Waals surface area contributed by atoms with Crippen LogP contribution >= 0.6 is 0 Å². The van der Waals surface area contributed by atoms with Crippen LogP contribution in [0.2, 0.25) is 0 Å². The van der Waals surface area contributed by atoms with Gasteiger partial charge in [0.2, 0.25) is 11.3 Å². The summed E-state index contributed by atoms with van der Waals surface area (Å²) in [6.07, 6.45) is 12.8. The van der Waals surface area contributed by atoms with Crippen LogP contribution in [0.4, 0.5) is 0 Å². The molecule has 24 nitrogen and oxygen atoms in total. The molecule has 0 bridgehead atoms. The second-order valence-electron chi connectivity index (χ2n) is 19.3. The fraction of sp³-hybridized carbons (Fsp3) is 0.333. The minimum absolute atomic E-state index is 0.374. The van der Waals surface area contributed by atoms with E-state index in [1.54, 1.807) is 37.1 Å². The lowest BCUT2D eigenvalue weighted by Gasteiger charge is -2.04. The van der Waals surface area contributed by atoms with Crippen LogP contribution in [0.25, 0.3) is 66.7 Å². The van der Waals surface area contributed by atoms with Crippen LogP contribution < -0.4 is 0 Å². The topological polar surface area (TPSA) is 309 Å². The Morgan fingerprint density at radius 2 is 0.769 bits per heavy atom. The summed E-state index contributed by atoms with van der Waals surface area (Å²) in [5.41, 5.74) is 15.1. The SMILES string of the molecule is CC(C)c1ccc2ncnnc2n1.CC(C)c1ccc2nncnc2n1.CC(C)c1ccc2nnncc2n1.CC(C)c1ccc2nnnnc2c1.CC(C)c1cnc2ccnnc2n1.CC(C)c1cnc2cncnc2n1. The second kappa shape index (κ2) is 27.3.